The van der Waals surface area contributed by atoms with E-state index in [4.69, 9.17) is 0 Å². The molecule has 1 aromatic heterocycles. The predicted molar refractivity (Wildman–Crippen MR) is 125 cm³/mol. The van der Waals surface area contributed by atoms with Crippen LogP contribution in [0.3, 0.4) is 0 Å². The molecule has 0 unspecified atom stereocenters. The number of nitrogens with zero attached hydrogens (tertiary/aromatic N) is 3. The number of fused-ring (bicyclic) bond motifs is 1. The largest absolute Gasteiger partial charge is 0.395 e. The van der Waals surface area contributed by atoms with Gasteiger partial charge in [0, 0.05) is 49.0 Å². The van der Waals surface area contributed by atoms with Gasteiger partial charge in [-0.2, -0.15) is 0 Å². The Hall–Kier alpha value is -3.09. The lowest BCUT2D eigenvalue weighted by molar-refractivity contribution is -0.0606. The Morgan fingerprint density at radius 2 is 1.85 bits per heavy atom. The van der Waals surface area contributed by atoms with Crippen molar-refractivity contribution >= 4 is 5.91 Å². The molecule has 2 aliphatic heterocycles. The highest BCUT2D eigenvalue weighted by Gasteiger charge is 2.49. The van der Waals surface area contributed by atoms with Crippen molar-refractivity contribution in [3.63, 3.8) is 0 Å². The molecule has 3 aromatic rings. The fourth-order valence-electron chi connectivity index (χ4n) is 5.36. The summed E-state index contributed by atoms with van der Waals surface area (Å²) in [7, 11) is 0. The zero-order valence-electron chi connectivity index (χ0n) is 18.5. The summed E-state index contributed by atoms with van der Waals surface area (Å²) in [5.41, 5.74) is 3.72. The van der Waals surface area contributed by atoms with Crippen LogP contribution in [0.2, 0.25) is 0 Å². The van der Waals surface area contributed by atoms with Gasteiger partial charge in [-0.25, -0.2) is 4.39 Å². The van der Waals surface area contributed by atoms with E-state index in [1.54, 1.807) is 18.3 Å². The smallest absolute Gasteiger partial charge is 0.254 e. The topological polar surface area (TPSA) is 56.7 Å². The molecule has 2 fully saturated rings. The summed E-state index contributed by atoms with van der Waals surface area (Å²) >= 11 is 0. The second-order valence-electron chi connectivity index (χ2n) is 8.91. The van der Waals surface area contributed by atoms with Gasteiger partial charge in [-0.05, 0) is 60.3 Å². The number of hydrogen-bond acceptors (Lipinski definition) is 4. The van der Waals surface area contributed by atoms with Crippen molar-refractivity contribution < 1.29 is 14.3 Å². The first-order chi connectivity index (χ1) is 16.2. The average molecular weight is 446 g/mol. The zero-order chi connectivity index (χ0) is 22.8. The highest BCUT2D eigenvalue weighted by molar-refractivity contribution is 5.94. The summed E-state index contributed by atoms with van der Waals surface area (Å²) in [6.07, 6.45) is 5.47. The van der Waals surface area contributed by atoms with Gasteiger partial charge in [-0.15, -0.1) is 0 Å². The van der Waals surface area contributed by atoms with Crippen LogP contribution in [0, 0.1) is 5.82 Å². The third-order valence-corrected chi connectivity index (χ3v) is 7.02. The number of rotatable bonds is 4. The Kier molecular flexibility index (Phi) is 6.20. The highest BCUT2D eigenvalue weighted by atomic mass is 19.1. The molecule has 1 amide bonds. The van der Waals surface area contributed by atoms with Gasteiger partial charge in [0.05, 0.1) is 6.61 Å². The number of amides is 1. The predicted octanol–water partition coefficient (Wildman–Crippen LogP) is 3.95. The van der Waals surface area contributed by atoms with Crippen LogP contribution >= 0.6 is 0 Å². The molecule has 2 aliphatic rings. The lowest BCUT2D eigenvalue weighted by Gasteiger charge is -2.57. The number of aliphatic hydroxyl groups is 1. The maximum absolute atomic E-state index is 13.7. The third-order valence-electron chi connectivity index (χ3n) is 7.02. The van der Waals surface area contributed by atoms with Crippen LogP contribution in [0.4, 0.5) is 4.39 Å². The molecule has 6 heteroatoms. The van der Waals surface area contributed by atoms with Gasteiger partial charge < -0.3 is 10.0 Å². The van der Waals surface area contributed by atoms with Gasteiger partial charge in [0.25, 0.3) is 5.91 Å². The standard InChI is InChI=1S/C27H28FN3O2/c28-23-7-3-5-21(15-23)27(33)30-13-1-2-14-31-24(17-30)26(25(31)18-32)20-10-8-19(9-11-20)22-6-4-12-29-16-22/h3-12,15-16,24-26,32H,1-2,13-14,17-18H2/t24-,25-,26-/m1/s1. The van der Waals surface area contributed by atoms with E-state index < -0.39 is 5.82 Å². The van der Waals surface area contributed by atoms with Crippen LogP contribution in [0.1, 0.15) is 34.7 Å². The Labute approximate surface area is 193 Å². The van der Waals surface area contributed by atoms with Crippen LogP contribution in [0.5, 0.6) is 0 Å². The summed E-state index contributed by atoms with van der Waals surface area (Å²) in [5, 5.41) is 10.2. The van der Waals surface area contributed by atoms with Gasteiger partial charge in [-0.1, -0.05) is 36.4 Å². The molecule has 0 bridgehead atoms. The quantitative estimate of drug-likeness (QED) is 0.661. The van der Waals surface area contributed by atoms with E-state index in [-0.39, 0.29) is 30.5 Å². The Morgan fingerprint density at radius 1 is 1.03 bits per heavy atom. The molecule has 2 aromatic carbocycles. The van der Waals surface area contributed by atoms with E-state index >= 15 is 0 Å². The molecular weight excluding hydrogens is 417 g/mol. The minimum absolute atomic E-state index is 0.0449. The third kappa shape index (κ3) is 4.28. The molecule has 5 nitrogen and oxygen atoms in total. The molecule has 5 rings (SSSR count). The van der Waals surface area contributed by atoms with Crippen molar-refractivity contribution in [2.45, 2.75) is 30.8 Å². The molecule has 0 radical (unpaired) electrons. The lowest BCUT2D eigenvalue weighted by Crippen LogP contribution is -2.67. The first kappa shape index (κ1) is 21.7. The normalized spacial score (nSPS) is 23.2. The summed E-state index contributed by atoms with van der Waals surface area (Å²) in [6, 6.07) is 18.5. The highest BCUT2D eigenvalue weighted by Crippen LogP contribution is 2.42. The van der Waals surface area contributed by atoms with Crippen molar-refractivity contribution in [2.24, 2.45) is 0 Å². The van der Waals surface area contributed by atoms with Crippen LogP contribution < -0.4 is 0 Å². The number of halogens is 1. The second-order valence-corrected chi connectivity index (χ2v) is 8.91. The van der Waals surface area contributed by atoms with Crippen LogP contribution in [0.15, 0.2) is 73.1 Å². The molecule has 2 saturated heterocycles. The maximum atomic E-state index is 13.7. The number of carbonyl (C=O) groups excluding carboxylic acids is 1. The number of carbonyl (C=O) groups is 1. The maximum Gasteiger partial charge on any atom is 0.254 e. The summed E-state index contributed by atoms with van der Waals surface area (Å²) in [5.74, 6) is -0.390. The molecule has 0 saturated carbocycles. The van der Waals surface area contributed by atoms with Crippen LogP contribution in [-0.4, -0.2) is 64.1 Å². The first-order valence-electron chi connectivity index (χ1n) is 11.6. The number of aliphatic hydroxyl groups excluding tert-OH is 1. The monoisotopic (exact) mass is 445 g/mol. The average Bonchev–Trinajstić information content (AvgIpc) is 2.83. The fraction of sp³-hybridized carbons (Fsp3) is 0.333. The fourth-order valence-corrected chi connectivity index (χ4v) is 5.36. The second kappa shape index (κ2) is 9.41. The molecular formula is C27H28FN3O2. The number of aromatic nitrogens is 1. The Morgan fingerprint density at radius 3 is 2.58 bits per heavy atom. The van der Waals surface area contributed by atoms with Crippen molar-refractivity contribution in [1.29, 1.82) is 0 Å². The van der Waals surface area contributed by atoms with Crippen LogP contribution in [0.25, 0.3) is 11.1 Å². The van der Waals surface area contributed by atoms with Gasteiger partial charge >= 0.3 is 0 Å². The van der Waals surface area contributed by atoms with Gasteiger partial charge in [0.1, 0.15) is 5.82 Å². The Bertz CT molecular complexity index is 1110. The van der Waals surface area contributed by atoms with Gasteiger partial charge in [0.2, 0.25) is 0 Å². The Balaban J connectivity index is 1.39. The van der Waals surface area contributed by atoms with Gasteiger partial charge in [0.15, 0.2) is 0 Å². The van der Waals surface area contributed by atoms with E-state index in [0.29, 0.717) is 18.7 Å². The minimum atomic E-state index is -0.398. The summed E-state index contributed by atoms with van der Waals surface area (Å²) in [4.78, 5) is 21.6. The summed E-state index contributed by atoms with van der Waals surface area (Å²) < 4.78 is 13.7. The van der Waals surface area contributed by atoms with Crippen molar-refractivity contribution in [3.8, 4) is 11.1 Å². The van der Waals surface area contributed by atoms with Crippen molar-refractivity contribution in [1.82, 2.24) is 14.8 Å². The van der Waals surface area contributed by atoms with E-state index in [1.165, 1.54) is 17.7 Å². The summed E-state index contributed by atoms with van der Waals surface area (Å²) in [6.45, 7) is 2.24. The molecule has 170 valence electrons. The molecule has 0 aliphatic carbocycles. The SMILES string of the molecule is O=C(c1cccc(F)c1)N1CCCCN2[C@H](CO)[C@H](c3ccc(-c4cccnc4)cc3)[C@H]2C1. The van der Waals surface area contributed by atoms with Crippen molar-refractivity contribution in [3.05, 3.63) is 90.0 Å². The molecule has 33 heavy (non-hydrogen) atoms. The van der Waals surface area contributed by atoms with Crippen LogP contribution in [-0.2, 0) is 0 Å². The van der Waals surface area contributed by atoms with Gasteiger partial charge in [-0.3, -0.25) is 14.7 Å². The number of hydrogen-bond donors (Lipinski definition) is 1. The molecule has 1 N–H and O–H groups in total. The zero-order valence-corrected chi connectivity index (χ0v) is 18.5. The number of benzene rings is 2. The van der Waals surface area contributed by atoms with E-state index in [2.05, 4.69) is 34.1 Å². The molecule has 3 atom stereocenters. The molecule has 3 heterocycles. The lowest BCUT2D eigenvalue weighted by atomic mass is 9.74. The number of pyridine rings is 1. The van der Waals surface area contributed by atoms with Crippen molar-refractivity contribution in [2.75, 3.05) is 26.2 Å². The van der Waals surface area contributed by atoms with E-state index in [1.807, 2.05) is 23.2 Å². The van der Waals surface area contributed by atoms with E-state index in [0.717, 1.165) is 30.5 Å². The minimum Gasteiger partial charge on any atom is -0.395 e. The van der Waals surface area contributed by atoms with E-state index in [9.17, 15) is 14.3 Å². The molecule has 0 spiro atoms. The first-order valence-corrected chi connectivity index (χ1v) is 11.6.